The fourth-order valence-electron chi connectivity index (χ4n) is 2.89. The molecule has 0 amide bonds. The standard InChI is InChI=1S/C17H19P/c1-3-7-12(2)13-9-6-10-15-14-8-4-5-11-16(14)18-17(13)15/h4-6,8-12,18H,3,7H2,1-2H3. The molecule has 0 aliphatic heterocycles. The Morgan fingerprint density at radius 1 is 1.00 bits per heavy atom. The van der Waals surface area contributed by atoms with Gasteiger partial charge in [-0.25, -0.2) is 0 Å². The lowest BCUT2D eigenvalue weighted by atomic mass is 9.95. The molecule has 2 atom stereocenters. The molecule has 1 heterocycles. The van der Waals surface area contributed by atoms with E-state index in [0.717, 1.165) is 8.19 Å². The molecule has 3 aromatic rings. The largest absolute Gasteiger partial charge is 0.123 e. The van der Waals surface area contributed by atoms with E-state index in [-0.39, 0.29) is 0 Å². The summed E-state index contributed by atoms with van der Waals surface area (Å²) in [6.07, 6.45) is 2.55. The van der Waals surface area contributed by atoms with E-state index < -0.39 is 0 Å². The van der Waals surface area contributed by atoms with Crippen LogP contribution in [0, 0.1) is 0 Å². The number of fused-ring (bicyclic) bond motifs is 3. The van der Waals surface area contributed by atoms with Gasteiger partial charge in [0.25, 0.3) is 0 Å². The Bertz CT molecular complexity index is 678. The van der Waals surface area contributed by atoms with Crippen molar-refractivity contribution in [3.8, 4) is 0 Å². The van der Waals surface area contributed by atoms with Gasteiger partial charge in [0.15, 0.2) is 0 Å². The van der Waals surface area contributed by atoms with Crippen molar-refractivity contribution < 1.29 is 0 Å². The van der Waals surface area contributed by atoms with Crippen molar-refractivity contribution in [3.05, 3.63) is 48.0 Å². The summed E-state index contributed by atoms with van der Waals surface area (Å²) in [6, 6.07) is 15.7. The normalized spacial score (nSPS) is 13.7. The van der Waals surface area contributed by atoms with Crippen LogP contribution in [-0.4, -0.2) is 0 Å². The SMILES string of the molecule is CCCC(C)c1cccc2c1[pH]c1ccccc12. The van der Waals surface area contributed by atoms with Crippen LogP contribution in [0.25, 0.3) is 21.0 Å². The van der Waals surface area contributed by atoms with Gasteiger partial charge >= 0.3 is 0 Å². The molecule has 0 aliphatic carbocycles. The van der Waals surface area contributed by atoms with Crippen LogP contribution in [0.2, 0.25) is 0 Å². The molecule has 92 valence electrons. The van der Waals surface area contributed by atoms with E-state index in [4.69, 9.17) is 0 Å². The second-order valence-corrected chi connectivity index (χ2v) is 6.42. The first-order valence-corrected chi connectivity index (χ1v) is 7.80. The summed E-state index contributed by atoms with van der Waals surface area (Å²) in [5, 5.41) is 6.05. The molecule has 0 spiro atoms. The van der Waals surface area contributed by atoms with Gasteiger partial charge in [0, 0.05) is 5.12 Å². The van der Waals surface area contributed by atoms with E-state index in [9.17, 15) is 0 Å². The Kier molecular flexibility index (Phi) is 3.14. The van der Waals surface area contributed by atoms with Gasteiger partial charge in [-0.15, -0.1) is 8.19 Å². The molecule has 0 radical (unpaired) electrons. The maximum absolute atomic E-state index is 2.37. The fraction of sp³-hybridized carbons (Fsp3) is 0.294. The number of benzene rings is 2. The van der Waals surface area contributed by atoms with Crippen LogP contribution < -0.4 is 0 Å². The maximum atomic E-state index is 2.37. The van der Waals surface area contributed by atoms with Gasteiger partial charge in [0.1, 0.15) is 0 Å². The Labute approximate surface area is 110 Å². The predicted octanol–water partition coefficient (Wildman–Crippen LogP) is 5.93. The quantitative estimate of drug-likeness (QED) is 0.543. The molecule has 0 N–H and O–H groups in total. The molecule has 0 saturated heterocycles. The van der Waals surface area contributed by atoms with Crippen LogP contribution in [0.5, 0.6) is 0 Å². The van der Waals surface area contributed by atoms with Crippen LogP contribution in [0.15, 0.2) is 42.5 Å². The Balaban J connectivity index is 2.27. The van der Waals surface area contributed by atoms with E-state index in [2.05, 4.69) is 56.3 Å². The van der Waals surface area contributed by atoms with E-state index in [0.29, 0.717) is 5.92 Å². The molecule has 0 saturated carbocycles. The van der Waals surface area contributed by atoms with Gasteiger partial charge in [0.05, 0.1) is 0 Å². The molecule has 0 aliphatic rings. The number of hydrogen-bond acceptors (Lipinski definition) is 0. The highest BCUT2D eigenvalue weighted by atomic mass is 31.0. The minimum atomic E-state index is 0.687. The molecule has 3 rings (SSSR count). The van der Waals surface area contributed by atoms with Crippen LogP contribution in [0.1, 0.15) is 38.2 Å². The van der Waals surface area contributed by atoms with Crippen LogP contribution >= 0.6 is 8.19 Å². The third-order valence-electron chi connectivity index (χ3n) is 3.83. The van der Waals surface area contributed by atoms with Crippen LogP contribution in [-0.2, 0) is 0 Å². The number of rotatable bonds is 3. The molecular formula is C17H19P. The highest BCUT2D eigenvalue weighted by molar-refractivity contribution is 7.44. The molecular weight excluding hydrogens is 235 g/mol. The van der Waals surface area contributed by atoms with Gasteiger partial charge in [-0.2, -0.15) is 0 Å². The van der Waals surface area contributed by atoms with E-state index in [1.165, 1.54) is 28.7 Å². The lowest BCUT2D eigenvalue weighted by Crippen LogP contribution is -1.92. The molecule has 1 aromatic heterocycles. The average molecular weight is 254 g/mol. The maximum Gasteiger partial charge on any atom is 0.00287 e. The molecule has 18 heavy (non-hydrogen) atoms. The molecule has 0 bridgehead atoms. The van der Waals surface area contributed by atoms with Crippen LogP contribution in [0.3, 0.4) is 0 Å². The monoisotopic (exact) mass is 254 g/mol. The lowest BCUT2D eigenvalue weighted by Gasteiger charge is -2.11. The molecule has 0 fully saturated rings. The van der Waals surface area contributed by atoms with Gasteiger partial charge < -0.3 is 0 Å². The van der Waals surface area contributed by atoms with Crippen molar-refractivity contribution in [1.82, 2.24) is 0 Å². The lowest BCUT2D eigenvalue weighted by molar-refractivity contribution is 0.670. The average Bonchev–Trinajstić information content (AvgIpc) is 2.77. The van der Waals surface area contributed by atoms with Crippen molar-refractivity contribution in [3.63, 3.8) is 0 Å². The number of hydrogen-bond donors (Lipinski definition) is 0. The highest BCUT2D eigenvalue weighted by Crippen LogP contribution is 2.42. The molecule has 2 aromatic carbocycles. The highest BCUT2D eigenvalue weighted by Gasteiger charge is 2.11. The summed E-state index contributed by atoms with van der Waals surface area (Å²) in [6.45, 7) is 4.64. The van der Waals surface area contributed by atoms with Gasteiger partial charge in [0.2, 0.25) is 0 Å². The first-order valence-electron chi connectivity index (χ1n) is 6.80. The molecule has 1 heteroatoms. The molecule has 2 unspecified atom stereocenters. The van der Waals surface area contributed by atoms with Crippen molar-refractivity contribution in [2.75, 3.05) is 0 Å². The van der Waals surface area contributed by atoms with Gasteiger partial charge in [-0.3, -0.25) is 0 Å². The second-order valence-electron chi connectivity index (χ2n) is 5.13. The van der Waals surface area contributed by atoms with Crippen molar-refractivity contribution in [2.24, 2.45) is 0 Å². The Morgan fingerprint density at radius 2 is 1.78 bits per heavy atom. The topological polar surface area (TPSA) is 0 Å². The second kappa shape index (κ2) is 4.78. The third kappa shape index (κ3) is 1.85. The van der Waals surface area contributed by atoms with Crippen molar-refractivity contribution in [2.45, 2.75) is 32.6 Å². The summed E-state index contributed by atoms with van der Waals surface area (Å²) >= 11 is 0. The summed E-state index contributed by atoms with van der Waals surface area (Å²) in [5.41, 5.74) is 1.57. The fourth-order valence-corrected chi connectivity index (χ4v) is 4.52. The predicted molar refractivity (Wildman–Crippen MR) is 84.3 cm³/mol. The zero-order chi connectivity index (χ0) is 12.5. The minimum absolute atomic E-state index is 0.687. The first kappa shape index (κ1) is 11.8. The van der Waals surface area contributed by atoms with E-state index >= 15 is 0 Å². The van der Waals surface area contributed by atoms with Crippen molar-refractivity contribution >= 4 is 29.2 Å². The summed E-state index contributed by atoms with van der Waals surface area (Å²) in [4.78, 5) is 0. The Hall–Kier alpha value is -1.26. The minimum Gasteiger partial charge on any atom is -0.123 e. The van der Waals surface area contributed by atoms with Gasteiger partial charge in [-0.05, 0) is 33.8 Å². The van der Waals surface area contributed by atoms with Crippen molar-refractivity contribution in [1.29, 1.82) is 0 Å². The summed E-state index contributed by atoms with van der Waals surface area (Å²) in [7, 11) is 0.847. The van der Waals surface area contributed by atoms with E-state index in [1.54, 1.807) is 10.7 Å². The zero-order valence-electron chi connectivity index (χ0n) is 11.0. The van der Waals surface area contributed by atoms with Gasteiger partial charge in [-0.1, -0.05) is 62.7 Å². The van der Waals surface area contributed by atoms with Crippen LogP contribution in [0.4, 0.5) is 0 Å². The zero-order valence-corrected chi connectivity index (χ0v) is 12.0. The van der Waals surface area contributed by atoms with E-state index in [1.807, 2.05) is 0 Å². The summed E-state index contributed by atoms with van der Waals surface area (Å²) < 4.78 is 0. The first-order chi connectivity index (χ1) is 8.81. The third-order valence-corrected chi connectivity index (χ3v) is 5.34. The summed E-state index contributed by atoms with van der Waals surface area (Å²) in [5.74, 6) is 0.687. The Morgan fingerprint density at radius 3 is 2.61 bits per heavy atom. The molecule has 0 nitrogen and oxygen atoms in total. The smallest absolute Gasteiger partial charge is 0.00287 e.